The van der Waals surface area contributed by atoms with E-state index in [0.29, 0.717) is 13.2 Å². The molecule has 0 aromatic heterocycles. The van der Waals surface area contributed by atoms with Gasteiger partial charge in [0.1, 0.15) is 0 Å². The molecular formula is C32H38O4. The number of hydrogen-bond acceptors (Lipinski definition) is 4. The maximum Gasteiger partial charge on any atom is 0.339 e. The second-order valence-electron chi connectivity index (χ2n) is 9.12. The average Bonchev–Trinajstić information content (AvgIpc) is 2.93. The van der Waals surface area contributed by atoms with Crippen molar-refractivity contribution >= 4 is 11.9 Å². The molecule has 0 radical (unpaired) electrons. The van der Waals surface area contributed by atoms with E-state index >= 15 is 0 Å². The molecule has 4 heteroatoms. The van der Waals surface area contributed by atoms with Gasteiger partial charge in [-0.2, -0.15) is 0 Å². The molecule has 0 atom stereocenters. The Morgan fingerprint density at radius 2 is 0.806 bits per heavy atom. The van der Waals surface area contributed by atoms with Crippen LogP contribution in [0.15, 0.2) is 84.9 Å². The molecule has 0 bridgehead atoms. The van der Waals surface area contributed by atoms with E-state index in [1.807, 2.05) is 12.1 Å². The van der Waals surface area contributed by atoms with E-state index in [2.05, 4.69) is 48.5 Å². The van der Waals surface area contributed by atoms with Crippen LogP contribution in [0.1, 0.15) is 83.2 Å². The second kappa shape index (κ2) is 16.3. The number of esters is 2. The van der Waals surface area contributed by atoms with E-state index in [1.165, 1.54) is 11.1 Å². The maximum atomic E-state index is 12.6. The summed E-state index contributed by atoms with van der Waals surface area (Å²) in [4.78, 5) is 25.2. The first-order valence-electron chi connectivity index (χ1n) is 13.2. The minimum Gasteiger partial charge on any atom is -0.462 e. The van der Waals surface area contributed by atoms with Crippen LogP contribution in [0.2, 0.25) is 0 Å². The third-order valence-electron chi connectivity index (χ3n) is 6.24. The standard InChI is InChI=1S/C32H38O4/c33-31(35-25-15-3-1-7-17-27-19-9-5-10-20-27)29-23-13-14-24-30(29)32(34)36-26-16-4-2-8-18-28-21-11-6-12-22-28/h5-6,9-14,19-24H,1-4,7-8,15-18,25-26H2. The molecule has 0 fully saturated rings. The zero-order valence-corrected chi connectivity index (χ0v) is 21.2. The van der Waals surface area contributed by atoms with Crippen LogP contribution in [0.5, 0.6) is 0 Å². The molecular weight excluding hydrogens is 448 g/mol. The van der Waals surface area contributed by atoms with E-state index in [0.717, 1.165) is 64.2 Å². The van der Waals surface area contributed by atoms with Gasteiger partial charge in [0.15, 0.2) is 0 Å². The van der Waals surface area contributed by atoms with Crippen LogP contribution in [-0.2, 0) is 22.3 Å². The molecule has 0 aliphatic rings. The van der Waals surface area contributed by atoms with Crippen molar-refractivity contribution in [2.24, 2.45) is 0 Å². The van der Waals surface area contributed by atoms with Gasteiger partial charge in [-0.15, -0.1) is 0 Å². The van der Waals surface area contributed by atoms with Crippen molar-refractivity contribution in [3.63, 3.8) is 0 Å². The summed E-state index contributed by atoms with van der Waals surface area (Å²) in [5.41, 5.74) is 3.26. The largest absolute Gasteiger partial charge is 0.462 e. The quantitative estimate of drug-likeness (QED) is 0.154. The highest BCUT2D eigenvalue weighted by atomic mass is 16.5. The van der Waals surface area contributed by atoms with Crippen LogP contribution in [0.25, 0.3) is 0 Å². The molecule has 0 saturated carbocycles. The van der Waals surface area contributed by atoms with Crippen molar-refractivity contribution in [1.29, 1.82) is 0 Å². The second-order valence-corrected chi connectivity index (χ2v) is 9.12. The first-order valence-corrected chi connectivity index (χ1v) is 13.2. The fourth-order valence-corrected chi connectivity index (χ4v) is 4.18. The summed E-state index contributed by atoms with van der Waals surface area (Å²) in [6.07, 6.45) is 10.2. The Kier molecular flexibility index (Phi) is 12.3. The van der Waals surface area contributed by atoms with E-state index in [9.17, 15) is 9.59 Å². The lowest BCUT2D eigenvalue weighted by molar-refractivity contribution is 0.0450. The number of unbranched alkanes of at least 4 members (excludes halogenated alkanes) is 6. The van der Waals surface area contributed by atoms with Crippen molar-refractivity contribution in [2.75, 3.05) is 13.2 Å². The molecule has 0 heterocycles. The number of carbonyl (C=O) groups excluding carboxylic acids is 2. The van der Waals surface area contributed by atoms with Crippen LogP contribution in [0.4, 0.5) is 0 Å². The summed E-state index contributed by atoms with van der Waals surface area (Å²) in [7, 11) is 0. The SMILES string of the molecule is O=C(OCCCCCCc1ccccc1)c1ccccc1C(=O)OCCCCCCc1ccccc1. The molecule has 3 rings (SSSR count). The van der Waals surface area contributed by atoms with Crippen molar-refractivity contribution < 1.29 is 19.1 Å². The minimum atomic E-state index is -0.465. The molecule has 190 valence electrons. The predicted octanol–water partition coefficient (Wildman–Crippen LogP) is 7.61. The van der Waals surface area contributed by atoms with Crippen molar-refractivity contribution in [3.8, 4) is 0 Å². The number of carbonyl (C=O) groups is 2. The molecule has 0 unspecified atom stereocenters. The zero-order chi connectivity index (χ0) is 25.3. The Balaban J connectivity index is 1.28. The Bertz CT molecular complexity index is 946. The monoisotopic (exact) mass is 486 g/mol. The van der Waals surface area contributed by atoms with Gasteiger partial charge in [0.25, 0.3) is 0 Å². The van der Waals surface area contributed by atoms with Gasteiger partial charge in [-0.25, -0.2) is 9.59 Å². The summed E-state index contributed by atoms with van der Waals surface area (Å²) in [6, 6.07) is 27.7. The lowest BCUT2D eigenvalue weighted by Gasteiger charge is -2.10. The van der Waals surface area contributed by atoms with Crippen LogP contribution in [0, 0.1) is 0 Å². The molecule has 0 aliphatic heterocycles. The smallest absolute Gasteiger partial charge is 0.339 e. The average molecular weight is 487 g/mol. The number of hydrogen-bond donors (Lipinski definition) is 0. The molecule has 3 aromatic rings. The van der Waals surface area contributed by atoms with Crippen LogP contribution < -0.4 is 0 Å². The third-order valence-corrected chi connectivity index (χ3v) is 6.24. The Morgan fingerprint density at radius 3 is 1.22 bits per heavy atom. The maximum absolute atomic E-state index is 12.6. The van der Waals surface area contributed by atoms with E-state index in [-0.39, 0.29) is 11.1 Å². The first kappa shape index (κ1) is 27.2. The Hall–Kier alpha value is -3.40. The molecule has 0 N–H and O–H groups in total. The summed E-state index contributed by atoms with van der Waals surface area (Å²) in [6.45, 7) is 0.715. The molecule has 3 aromatic carbocycles. The lowest BCUT2D eigenvalue weighted by atomic mass is 10.1. The van der Waals surface area contributed by atoms with Crippen molar-refractivity contribution in [2.45, 2.75) is 64.2 Å². The molecule has 0 saturated heterocycles. The van der Waals surface area contributed by atoms with Crippen LogP contribution in [-0.4, -0.2) is 25.2 Å². The fraction of sp³-hybridized carbons (Fsp3) is 0.375. The number of rotatable bonds is 16. The predicted molar refractivity (Wildman–Crippen MR) is 144 cm³/mol. The van der Waals surface area contributed by atoms with Gasteiger partial charge in [0.05, 0.1) is 24.3 Å². The summed E-state index contributed by atoms with van der Waals surface area (Å²) < 4.78 is 10.9. The topological polar surface area (TPSA) is 52.6 Å². The molecule has 4 nitrogen and oxygen atoms in total. The minimum absolute atomic E-state index is 0.273. The van der Waals surface area contributed by atoms with Gasteiger partial charge in [0, 0.05) is 0 Å². The van der Waals surface area contributed by atoms with Gasteiger partial charge in [-0.1, -0.05) is 98.5 Å². The van der Waals surface area contributed by atoms with Gasteiger partial charge in [-0.3, -0.25) is 0 Å². The van der Waals surface area contributed by atoms with Gasteiger partial charge in [0.2, 0.25) is 0 Å². The van der Waals surface area contributed by atoms with E-state index < -0.39 is 11.9 Å². The highest BCUT2D eigenvalue weighted by Crippen LogP contribution is 2.14. The first-order chi connectivity index (χ1) is 17.7. The summed E-state index contributed by atoms with van der Waals surface area (Å²) in [5, 5.41) is 0. The number of benzene rings is 3. The van der Waals surface area contributed by atoms with Gasteiger partial charge >= 0.3 is 11.9 Å². The van der Waals surface area contributed by atoms with Crippen LogP contribution in [0.3, 0.4) is 0 Å². The molecule has 0 amide bonds. The highest BCUT2D eigenvalue weighted by molar-refractivity contribution is 6.03. The van der Waals surface area contributed by atoms with Gasteiger partial charge < -0.3 is 9.47 Å². The van der Waals surface area contributed by atoms with Crippen molar-refractivity contribution in [3.05, 3.63) is 107 Å². The van der Waals surface area contributed by atoms with Gasteiger partial charge in [-0.05, 0) is 61.8 Å². The molecule has 0 aliphatic carbocycles. The zero-order valence-electron chi connectivity index (χ0n) is 21.2. The third kappa shape index (κ3) is 10.1. The lowest BCUT2D eigenvalue weighted by Crippen LogP contribution is -2.15. The molecule has 0 spiro atoms. The van der Waals surface area contributed by atoms with Crippen LogP contribution >= 0.6 is 0 Å². The fourth-order valence-electron chi connectivity index (χ4n) is 4.18. The molecule has 36 heavy (non-hydrogen) atoms. The summed E-state index contributed by atoms with van der Waals surface area (Å²) in [5.74, 6) is -0.930. The normalized spacial score (nSPS) is 10.7. The Labute approximate surface area is 215 Å². The summed E-state index contributed by atoms with van der Waals surface area (Å²) >= 11 is 0. The van der Waals surface area contributed by atoms with Crippen molar-refractivity contribution in [1.82, 2.24) is 0 Å². The number of aryl methyl sites for hydroxylation is 2. The Morgan fingerprint density at radius 1 is 0.444 bits per heavy atom. The highest BCUT2D eigenvalue weighted by Gasteiger charge is 2.18. The van der Waals surface area contributed by atoms with E-state index in [1.54, 1.807) is 24.3 Å². The van der Waals surface area contributed by atoms with E-state index in [4.69, 9.17) is 9.47 Å². The number of ether oxygens (including phenoxy) is 2.